The number of rotatable bonds is 8. The van der Waals surface area contributed by atoms with Crippen molar-refractivity contribution in [2.45, 2.75) is 44.8 Å². The second-order valence-corrected chi connectivity index (χ2v) is 10.8. The maximum Gasteiger partial charge on any atom is 0.417 e. The molecule has 32 heavy (non-hydrogen) atoms. The van der Waals surface area contributed by atoms with Crippen LogP contribution in [0.1, 0.15) is 44.2 Å². The minimum Gasteiger partial charge on any atom is -0.334 e. The predicted octanol–water partition coefficient (Wildman–Crippen LogP) is 3.35. The summed E-state index contributed by atoms with van der Waals surface area (Å²) in [4.78, 5) is 15.7. The lowest BCUT2D eigenvalue weighted by Crippen LogP contribution is -2.44. The molecule has 7 nitrogen and oxygen atoms in total. The van der Waals surface area contributed by atoms with Crippen LogP contribution >= 0.6 is 12.2 Å². The van der Waals surface area contributed by atoms with E-state index in [1.807, 2.05) is 0 Å². The topological polar surface area (TPSA) is 84.7 Å². The number of hydrogen-bond donors (Lipinski definition) is 0. The van der Waals surface area contributed by atoms with Crippen molar-refractivity contribution in [3.63, 3.8) is 0 Å². The molecule has 0 radical (unpaired) electrons. The molecule has 0 N–H and O–H groups in total. The third-order valence-electron chi connectivity index (χ3n) is 5.35. The van der Waals surface area contributed by atoms with Gasteiger partial charge in [-0.2, -0.15) is 18.4 Å². The van der Waals surface area contributed by atoms with Crippen LogP contribution in [0.5, 0.6) is 0 Å². The lowest BCUT2D eigenvalue weighted by Gasteiger charge is -2.29. The highest BCUT2D eigenvalue weighted by atomic mass is 32.2. The molecule has 1 heterocycles. The van der Waals surface area contributed by atoms with E-state index >= 15 is 0 Å². The van der Waals surface area contributed by atoms with Crippen molar-refractivity contribution in [3.8, 4) is 6.07 Å². The van der Waals surface area contributed by atoms with Gasteiger partial charge in [0, 0.05) is 20.6 Å². The van der Waals surface area contributed by atoms with Gasteiger partial charge in [0.2, 0.25) is 10.0 Å². The number of thiocarbonyl (C=S) groups is 1. The number of halogens is 3. The largest absolute Gasteiger partial charge is 0.417 e. The van der Waals surface area contributed by atoms with Crippen molar-refractivity contribution in [1.82, 2.24) is 9.21 Å². The van der Waals surface area contributed by atoms with E-state index in [2.05, 4.69) is 0 Å². The van der Waals surface area contributed by atoms with Crippen LogP contribution in [0.25, 0.3) is 0 Å². The Kier molecular flexibility index (Phi) is 7.59. The quantitative estimate of drug-likeness (QED) is 0.411. The number of hydrogen-bond acceptors (Lipinski definition) is 5. The van der Waals surface area contributed by atoms with Crippen LogP contribution in [-0.2, 0) is 21.0 Å². The molecule has 1 aliphatic rings. The zero-order valence-electron chi connectivity index (χ0n) is 18.2. The summed E-state index contributed by atoms with van der Waals surface area (Å²) >= 11 is 5.42. The molecule has 0 spiro atoms. The monoisotopic (exact) mass is 490 g/mol. The molecule has 1 fully saturated rings. The molecule has 1 amide bonds. The Morgan fingerprint density at radius 2 is 1.81 bits per heavy atom. The molecular formula is C20H25F3N4O3S2. The summed E-state index contributed by atoms with van der Waals surface area (Å²) in [5.74, 6) is -0.472. The van der Waals surface area contributed by atoms with E-state index in [4.69, 9.17) is 17.5 Å². The molecule has 1 aromatic carbocycles. The molecule has 0 bridgehead atoms. The van der Waals surface area contributed by atoms with Gasteiger partial charge in [0.1, 0.15) is 5.54 Å². The second-order valence-electron chi connectivity index (χ2n) is 8.13. The summed E-state index contributed by atoms with van der Waals surface area (Å²) in [6, 6.07) is 4.56. The zero-order valence-corrected chi connectivity index (χ0v) is 19.9. The number of carbonyl (C=O) groups is 1. The molecule has 12 heteroatoms. The second kappa shape index (κ2) is 9.33. The Balaban J connectivity index is 2.18. The summed E-state index contributed by atoms with van der Waals surface area (Å²) in [5, 5.41) is 9.05. The maximum absolute atomic E-state index is 13.4. The van der Waals surface area contributed by atoms with Crippen LogP contribution in [0.2, 0.25) is 0 Å². The van der Waals surface area contributed by atoms with Crippen molar-refractivity contribution in [1.29, 1.82) is 5.26 Å². The number of nitrogens with zero attached hydrogens (tertiary/aromatic N) is 4. The fourth-order valence-corrected chi connectivity index (χ4v) is 4.80. The molecule has 176 valence electrons. The molecule has 1 aromatic rings. The average molecular weight is 491 g/mol. The lowest BCUT2D eigenvalue weighted by atomic mass is 10.0. The van der Waals surface area contributed by atoms with Gasteiger partial charge < -0.3 is 4.90 Å². The maximum atomic E-state index is 13.4. The van der Waals surface area contributed by atoms with Crippen molar-refractivity contribution >= 4 is 38.9 Å². The number of anilines is 1. The van der Waals surface area contributed by atoms with Crippen molar-refractivity contribution in [3.05, 3.63) is 29.3 Å². The van der Waals surface area contributed by atoms with Gasteiger partial charge in [-0.25, -0.2) is 12.7 Å². The Labute approximate surface area is 191 Å². The first-order valence-corrected chi connectivity index (χ1v) is 11.8. The Morgan fingerprint density at radius 1 is 1.19 bits per heavy atom. The van der Waals surface area contributed by atoms with Crippen LogP contribution in [-0.4, -0.2) is 60.6 Å². The summed E-state index contributed by atoms with van der Waals surface area (Å²) in [6.07, 6.45) is -3.20. The standard InChI is InChI=1S/C20H25F3N4O3S2/c1-19(2)17(28)27(15-9-8-14(13-24)16(12-15)20(21,22)23)18(31)26(19)10-6-5-7-11-32(29,30)25(3)4/h8-9,12H,5-7,10-11H2,1-4H3. The molecule has 1 aliphatic heterocycles. The van der Waals surface area contributed by atoms with Gasteiger partial charge in [-0.1, -0.05) is 6.42 Å². The van der Waals surface area contributed by atoms with Gasteiger partial charge in [0.25, 0.3) is 5.91 Å². The molecule has 0 aliphatic carbocycles. The third-order valence-corrected chi connectivity index (χ3v) is 7.67. The zero-order chi connectivity index (χ0) is 24.5. The summed E-state index contributed by atoms with van der Waals surface area (Å²) in [7, 11) is -0.357. The first-order valence-electron chi connectivity index (χ1n) is 9.82. The first-order chi connectivity index (χ1) is 14.6. The number of unbranched alkanes of at least 4 members (excludes halogenated alkanes) is 2. The van der Waals surface area contributed by atoms with Gasteiger partial charge in [-0.3, -0.25) is 9.69 Å². The van der Waals surface area contributed by atoms with Crippen LogP contribution < -0.4 is 4.90 Å². The summed E-state index contributed by atoms with van der Waals surface area (Å²) < 4.78 is 64.9. The molecule has 1 saturated heterocycles. The van der Waals surface area contributed by atoms with E-state index in [0.29, 0.717) is 25.8 Å². The number of carbonyl (C=O) groups excluding carboxylic acids is 1. The smallest absolute Gasteiger partial charge is 0.334 e. The number of nitriles is 1. The van der Waals surface area contributed by atoms with Gasteiger partial charge in [-0.05, 0) is 57.1 Å². The van der Waals surface area contributed by atoms with Crippen molar-refractivity contribution in [2.75, 3.05) is 31.3 Å². The van der Waals surface area contributed by atoms with Crippen LogP contribution in [0.4, 0.5) is 18.9 Å². The SMILES string of the molecule is CN(C)S(=O)(=O)CCCCCN1C(=S)N(c2ccc(C#N)c(C(F)(F)F)c2)C(=O)C1(C)C. The van der Waals surface area contributed by atoms with E-state index in [0.717, 1.165) is 21.3 Å². The van der Waals surface area contributed by atoms with Crippen LogP contribution in [0, 0.1) is 11.3 Å². The fraction of sp³-hybridized carbons (Fsp3) is 0.550. The highest BCUT2D eigenvalue weighted by molar-refractivity contribution is 7.89. The van der Waals surface area contributed by atoms with Gasteiger partial charge in [0.15, 0.2) is 5.11 Å². The average Bonchev–Trinajstić information content (AvgIpc) is 2.85. The van der Waals surface area contributed by atoms with E-state index in [-0.39, 0.29) is 16.6 Å². The molecule has 0 atom stereocenters. The van der Waals surface area contributed by atoms with Crippen molar-refractivity contribution < 1.29 is 26.4 Å². The Hall–Kier alpha value is -2.23. The first kappa shape index (κ1) is 26.0. The number of benzene rings is 1. The predicted molar refractivity (Wildman–Crippen MR) is 118 cm³/mol. The van der Waals surface area contributed by atoms with E-state index in [1.165, 1.54) is 26.2 Å². The molecule has 2 rings (SSSR count). The Bertz CT molecular complexity index is 1050. The molecule has 0 aromatic heterocycles. The molecular weight excluding hydrogens is 465 g/mol. The Morgan fingerprint density at radius 3 is 2.34 bits per heavy atom. The number of alkyl halides is 3. The van der Waals surface area contributed by atoms with Crippen LogP contribution in [0.3, 0.4) is 0 Å². The molecule has 0 unspecified atom stereocenters. The highest BCUT2D eigenvalue weighted by Gasteiger charge is 2.49. The molecule has 0 saturated carbocycles. The van der Waals surface area contributed by atoms with E-state index in [1.54, 1.807) is 18.7 Å². The third kappa shape index (κ3) is 5.22. The number of amides is 1. The van der Waals surface area contributed by atoms with Gasteiger partial charge in [0.05, 0.1) is 28.6 Å². The normalized spacial score (nSPS) is 16.7. The fourth-order valence-electron chi connectivity index (χ4n) is 3.36. The lowest BCUT2D eigenvalue weighted by molar-refractivity contribution is -0.137. The minimum atomic E-state index is -4.76. The highest BCUT2D eigenvalue weighted by Crippen LogP contribution is 2.37. The summed E-state index contributed by atoms with van der Waals surface area (Å²) in [5.41, 5.74) is -2.81. The van der Waals surface area contributed by atoms with Crippen LogP contribution in [0.15, 0.2) is 18.2 Å². The number of sulfonamides is 1. The van der Waals surface area contributed by atoms with E-state index < -0.39 is 38.8 Å². The van der Waals surface area contributed by atoms with Crippen molar-refractivity contribution in [2.24, 2.45) is 0 Å². The van der Waals surface area contributed by atoms with Gasteiger partial charge in [-0.15, -0.1) is 0 Å². The summed E-state index contributed by atoms with van der Waals surface area (Å²) in [6.45, 7) is 3.61. The minimum absolute atomic E-state index is 0.00432. The van der Waals surface area contributed by atoms with E-state index in [9.17, 15) is 26.4 Å². The van der Waals surface area contributed by atoms with Gasteiger partial charge >= 0.3 is 6.18 Å².